The van der Waals surface area contributed by atoms with Crippen molar-refractivity contribution in [2.75, 3.05) is 19.6 Å². The van der Waals surface area contributed by atoms with Crippen molar-refractivity contribution in [1.29, 1.82) is 0 Å². The number of halogens is 1. The smallest absolute Gasteiger partial charge is 0.251 e. The summed E-state index contributed by atoms with van der Waals surface area (Å²) in [7, 11) is 0. The fourth-order valence-corrected chi connectivity index (χ4v) is 3.98. The number of amides is 1. The highest BCUT2D eigenvalue weighted by atomic mass is 79.9. The van der Waals surface area contributed by atoms with E-state index >= 15 is 0 Å². The molecule has 2 saturated heterocycles. The zero-order valence-electron chi connectivity index (χ0n) is 11.6. The number of fused-ring (bicyclic) bond motifs is 3. The Bertz CT molecular complexity index is 685. The molecule has 1 N–H and O–H groups in total. The molecule has 110 valence electrons. The van der Waals surface area contributed by atoms with Crippen molar-refractivity contribution < 1.29 is 9.21 Å². The number of hydrogen-bond acceptors (Lipinski definition) is 3. The van der Waals surface area contributed by atoms with Crippen molar-refractivity contribution in [3.05, 3.63) is 34.5 Å². The first-order valence-corrected chi connectivity index (χ1v) is 8.18. The fourth-order valence-electron chi connectivity index (χ4n) is 3.57. The molecule has 1 aromatic carbocycles. The van der Waals surface area contributed by atoms with Crippen LogP contribution in [0.2, 0.25) is 0 Å². The zero-order valence-corrected chi connectivity index (χ0v) is 13.2. The molecule has 2 aromatic rings. The third-order valence-electron chi connectivity index (χ3n) is 4.59. The van der Waals surface area contributed by atoms with Crippen LogP contribution < -0.4 is 5.32 Å². The van der Waals surface area contributed by atoms with Gasteiger partial charge in [0, 0.05) is 30.1 Å². The number of nitrogens with zero attached hydrogens (tertiary/aromatic N) is 1. The average molecular weight is 349 g/mol. The van der Waals surface area contributed by atoms with Gasteiger partial charge in [0.1, 0.15) is 11.8 Å². The number of hydrogen-bond donors (Lipinski definition) is 1. The highest BCUT2D eigenvalue weighted by Gasteiger charge is 2.32. The Hall–Kier alpha value is -1.33. The van der Waals surface area contributed by atoms with Gasteiger partial charge in [0.05, 0.1) is 4.47 Å². The summed E-state index contributed by atoms with van der Waals surface area (Å²) in [6.45, 7) is 3.38. The summed E-state index contributed by atoms with van der Waals surface area (Å²) in [6, 6.07) is 5.84. The molecule has 5 heteroatoms. The SMILES string of the molecule is O=C(N[C@@H]1C[C@H]2CCN(C2)C1)c1ccc2occ(Br)c2c1. The van der Waals surface area contributed by atoms with Crippen molar-refractivity contribution >= 4 is 32.8 Å². The largest absolute Gasteiger partial charge is 0.463 e. The van der Waals surface area contributed by atoms with Gasteiger partial charge in [-0.15, -0.1) is 0 Å². The standard InChI is InChI=1S/C16H17BrN2O2/c17-14-9-21-15-2-1-11(6-13(14)15)16(20)18-12-5-10-3-4-19(7-10)8-12/h1-2,6,9-10,12H,3-5,7-8H2,(H,18,20)/t10-,12-/m1/s1. The zero-order chi connectivity index (χ0) is 14.4. The van der Waals surface area contributed by atoms with Crippen LogP contribution >= 0.6 is 15.9 Å². The Morgan fingerprint density at radius 2 is 2.29 bits per heavy atom. The minimum absolute atomic E-state index is 0.0116. The molecule has 1 aromatic heterocycles. The van der Waals surface area contributed by atoms with Crippen LogP contribution in [0.5, 0.6) is 0 Å². The lowest BCUT2D eigenvalue weighted by molar-refractivity contribution is 0.0909. The van der Waals surface area contributed by atoms with E-state index in [0.29, 0.717) is 5.56 Å². The van der Waals surface area contributed by atoms with Crippen LogP contribution in [0.15, 0.2) is 33.4 Å². The van der Waals surface area contributed by atoms with Crippen molar-refractivity contribution in [2.45, 2.75) is 18.9 Å². The summed E-state index contributed by atoms with van der Waals surface area (Å²) in [5.74, 6) is 0.770. The molecule has 3 atom stereocenters. The highest BCUT2D eigenvalue weighted by Crippen LogP contribution is 2.28. The lowest BCUT2D eigenvalue weighted by Crippen LogP contribution is -2.47. The topological polar surface area (TPSA) is 45.5 Å². The molecule has 4 nitrogen and oxygen atoms in total. The van der Waals surface area contributed by atoms with E-state index in [1.807, 2.05) is 18.2 Å². The van der Waals surface area contributed by atoms with E-state index in [-0.39, 0.29) is 11.9 Å². The third kappa shape index (κ3) is 2.49. The van der Waals surface area contributed by atoms with Crippen LogP contribution in [0.25, 0.3) is 11.0 Å². The Morgan fingerprint density at radius 1 is 1.38 bits per heavy atom. The number of carbonyl (C=O) groups excluding carboxylic acids is 1. The lowest BCUT2D eigenvalue weighted by Gasteiger charge is -2.30. The second-order valence-electron chi connectivity index (χ2n) is 6.11. The van der Waals surface area contributed by atoms with Gasteiger partial charge in [-0.25, -0.2) is 0 Å². The van der Waals surface area contributed by atoms with Gasteiger partial charge < -0.3 is 14.6 Å². The lowest BCUT2D eigenvalue weighted by atomic mass is 9.96. The molecule has 0 saturated carbocycles. The molecule has 21 heavy (non-hydrogen) atoms. The van der Waals surface area contributed by atoms with Crippen molar-refractivity contribution in [2.24, 2.45) is 5.92 Å². The van der Waals surface area contributed by atoms with Crippen molar-refractivity contribution in [3.8, 4) is 0 Å². The van der Waals surface area contributed by atoms with Crippen LogP contribution in [-0.4, -0.2) is 36.5 Å². The normalized spacial score (nSPS) is 28.0. The molecule has 2 fully saturated rings. The molecular formula is C16H17BrN2O2. The highest BCUT2D eigenvalue weighted by molar-refractivity contribution is 9.10. The summed E-state index contributed by atoms with van der Waals surface area (Å²) in [5.41, 5.74) is 1.48. The molecule has 0 aliphatic carbocycles. The van der Waals surface area contributed by atoms with Crippen molar-refractivity contribution in [1.82, 2.24) is 10.2 Å². The molecule has 0 spiro atoms. The monoisotopic (exact) mass is 348 g/mol. The summed E-state index contributed by atoms with van der Waals surface area (Å²) in [5, 5.41) is 4.13. The van der Waals surface area contributed by atoms with E-state index in [1.165, 1.54) is 19.5 Å². The fraction of sp³-hybridized carbons (Fsp3) is 0.438. The van der Waals surface area contributed by atoms with Crippen molar-refractivity contribution in [3.63, 3.8) is 0 Å². The maximum absolute atomic E-state index is 12.4. The number of rotatable bonds is 2. The van der Waals surface area contributed by atoms with Gasteiger partial charge in [-0.3, -0.25) is 4.79 Å². The Morgan fingerprint density at radius 3 is 3.14 bits per heavy atom. The minimum atomic E-state index is 0.0116. The molecule has 2 aliphatic rings. The number of benzene rings is 1. The quantitative estimate of drug-likeness (QED) is 0.907. The van der Waals surface area contributed by atoms with Crippen LogP contribution in [0.4, 0.5) is 0 Å². The van der Waals surface area contributed by atoms with Gasteiger partial charge in [0.2, 0.25) is 0 Å². The Labute approximate surface area is 131 Å². The van der Waals surface area contributed by atoms with Gasteiger partial charge in [0.15, 0.2) is 0 Å². The maximum atomic E-state index is 12.4. The van der Waals surface area contributed by atoms with Gasteiger partial charge >= 0.3 is 0 Å². The van der Waals surface area contributed by atoms with Gasteiger partial charge in [-0.2, -0.15) is 0 Å². The molecule has 2 aliphatic heterocycles. The summed E-state index contributed by atoms with van der Waals surface area (Å²) >= 11 is 3.44. The van der Waals surface area contributed by atoms with Crippen LogP contribution in [0, 0.1) is 5.92 Å². The van der Waals surface area contributed by atoms with E-state index < -0.39 is 0 Å². The van der Waals surface area contributed by atoms with E-state index in [1.54, 1.807) is 6.26 Å². The van der Waals surface area contributed by atoms with E-state index in [9.17, 15) is 4.79 Å². The Balaban J connectivity index is 1.52. The van der Waals surface area contributed by atoms with Gasteiger partial charge in [0.25, 0.3) is 5.91 Å². The molecule has 2 bridgehead atoms. The first kappa shape index (κ1) is 13.3. The Kier molecular flexibility index (Phi) is 3.27. The second kappa shape index (κ2) is 5.14. The average Bonchev–Trinajstić information content (AvgIpc) is 3.02. The maximum Gasteiger partial charge on any atom is 0.251 e. The number of nitrogens with one attached hydrogen (secondary N) is 1. The van der Waals surface area contributed by atoms with Crippen LogP contribution in [0.3, 0.4) is 0 Å². The molecule has 3 heterocycles. The number of furan rings is 1. The predicted octanol–water partition coefficient (Wildman–Crippen LogP) is 3.02. The molecule has 0 radical (unpaired) electrons. The third-order valence-corrected chi connectivity index (χ3v) is 5.20. The van der Waals surface area contributed by atoms with Crippen LogP contribution in [-0.2, 0) is 0 Å². The van der Waals surface area contributed by atoms with Crippen LogP contribution in [0.1, 0.15) is 23.2 Å². The number of carbonyl (C=O) groups is 1. The first-order valence-electron chi connectivity index (χ1n) is 7.39. The summed E-state index contributed by atoms with van der Waals surface area (Å²) in [4.78, 5) is 14.9. The molecule has 1 unspecified atom stereocenters. The van der Waals surface area contributed by atoms with Gasteiger partial charge in [-0.05, 0) is 59.4 Å². The van der Waals surface area contributed by atoms with E-state index in [0.717, 1.165) is 34.3 Å². The molecule has 1 amide bonds. The summed E-state index contributed by atoms with van der Waals surface area (Å²) < 4.78 is 6.27. The molecule has 4 rings (SSSR count). The predicted molar refractivity (Wildman–Crippen MR) is 84.3 cm³/mol. The van der Waals surface area contributed by atoms with E-state index in [2.05, 4.69) is 26.1 Å². The molecular weight excluding hydrogens is 332 g/mol. The van der Waals surface area contributed by atoms with E-state index in [4.69, 9.17) is 4.42 Å². The van der Waals surface area contributed by atoms with Gasteiger partial charge in [-0.1, -0.05) is 0 Å². The minimum Gasteiger partial charge on any atom is -0.463 e. The second-order valence-corrected chi connectivity index (χ2v) is 6.97. The summed E-state index contributed by atoms with van der Waals surface area (Å²) in [6.07, 6.45) is 4.04. The number of piperidine rings is 1. The first-order chi connectivity index (χ1) is 10.2.